The summed E-state index contributed by atoms with van der Waals surface area (Å²) in [6.07, 6.45) is 3.92. The van der Waals surface area contributed by atoms with Gasteiger partial charge in [-0.15, -0.1) is 0 Å². The summed E-state index contributed by atoms with van der Waals surface area (Å²) in [7, 11) is -2.66. The van der Waals surface area contributed by atoms with Gasteiger partial charge < -0.3 is 0 Å². The van der Waals surface area contributed by atoms with Crippen molar-refractivity contribution in [1.82, 2.24) is 0 Å². The Labute approximate surface area is 147 Å². The van der Waals surface area contributed by atoms with E-state index < -0.39 is 34.5 Å². The molecule has 0 nitrogen and oxygen atoms in total. The van der Waals surface area contributed by atoms with Crippen molar-refractivity contribution < 1.29 is 0 Å². The van der Waals surface area contributed by atoms with Crippen LogP contribution < -0.4 is 0 Å². The van der Waals surface area contributed by atoms with Crippen molar-refractivity contribution in [3.8, 4) is 0 Å². The van der Waals surface area contributed by atoms with Crippen LogP contribution in [0.3, 0.4) is 0 Å². The molecule has 0 saturated heterocycles. The second-order valence-corrected chi connectivity index (χ2v) is 35.1. The van der Waals surface area contributed by atoms with Crippen molar-refractivity contribution in [1.29, 1.82) is 0 Å². The van der Waals surface area contributed by atoms with Gasteiger partial charge in [0.15, 0.2) is 0 Å². The molecule has 0 saturated carbocycles. The summed E-state index contributed by atoms with van der Waals surface area (Å²) < 4.78 is 2.07. The Morgan fingerprint density at radius 3 is 1.68 bits per heavy atom. The Kier molecular flexibility index (Phi) is 6.58. The molecular formula is C18H39BSi2Sn. The van der Waals surface area contributed by atoms with Crippen LogP contribution in [-0.2, 0) is 0 Å². The number of hydrogen-bond acceptors (Lipinski definition) is 0. The Hall–Kier alpha value is 0.777. The van der Waals surface area contributed by atoms with E-state index in [1.165, 1.54) is 19.1 Å². The van der Waals surface area contributed by atoms with E-state index in [0.717, 1.165) is 6.71 Å². The molecule has 0 amide bonds. The first-order valence-electron chi connectivity index (χ1n) is 9.33. The summed E-state index contributed by atoms with van der Waals surface area (Å²) in [4.78, 5) is 10.0. The molecule has 126 valence electrons. The predicted molar refractivity (Wildman–Crippen MR) is 115 cm³/mol. The van der Waals surface area contributed by atoms with Crippen molar-refractivity contribution in [3.05, 3.63) is 19.1 Å². The van der Waals surface area contributed by atoms with Gasteiger partial charge in [0.1, 0.15) is 0 Å². The van der Waals surface area contributed by atoms with E-state index in [0.29, 0.717) is 0 Å². The van der Waals surface area contributed by atoms with Gasteiger partial charge in [0.2, 0.25) is 0 Å². The number of rotatable bonds is 6. The molecule has 0 atom stereocenters. The average Bonchev–Trinajstić information content (AvgIpc) is 2.57. The topological polar surface area (TPSA) is 0 Å². The van der Waals surface area contributed by atoms with Crippen LogP contribution in [0.25, 0.3) is 0 Å². The molecule has 22 heavy (non-hydrogen) atoms. The van der Waals surface area contributed by atoms with Crippen molar-refractivity contribution in [2.24, 2.45) is 0 Å². The first kappa shape index (κ1) is 20.8. The van der Waals surface area contributed by atoms with E-state index in [1.54, 1.807) is 0 Å². The minimum absolute atomic E-state index is 0.814. The van der Waals surface area contributed by atoms with E-state index in [2.05, 4.69) is 71.5 Å². The van der Waals surface area contributed by atoms with Gasteiger partial charge >= 0.3 is 148 Å². The predicted octanol–water partition coefficient (Wildman–Crippen LogP) is 6.62. The fourth-order valence-electron chi connectivity index (χ4n) is 5.37. The normalized spacial score (nSPS) is 19.2. The summed E-state index contributed by atoms with van der Waals surface area (Å²) in [5, 5.41) is 0. The molecule has 0 N–H and O–H groups in total. The molecule has 0 spiro atoms. The first-order chi connectivity index (χ1) is 9.83. The van der Waals surface area contributed by atoms with Crippen molar-refractivity contribution >= 4 is 41.2 Å². The molecule has 1 aliphatic heterocycles. The van der Waals surface area contributed by atoms with Crippen LogP contribution in [0.2, 0.25) is 60.2 Å². The summed E-state index contributed by atoms with van der Waals surface area (Å²) in [6.45, 7) is 21.3. The summed E-state index contributed by atoms with van der Waals surface area (Å²) in [5.41, 5.74) is 3.76. The van der Waals surface area contributed by atoms with E-state index in [4.69, 9.17) is 0 Å². The van der Waals surface area contributed by atoms with Gasteiger partial charge in [0, 0.05) is 0 Å². The zero-order valence-electron chi connectivity index (χ0n) is 17.2. The molecule has 0 radical (unpaired) electrons. The van der Waals surface area contributed by atoms with Gasteiger partial charge in [-0.2, -0.15) is 0 Å². The molecule has 4 heteroatoms. The standard InChI is InChI=1S/C15H30BSi2.3CH3.Sn/c1-9-13-12-18(7,8)15(17(4,5)6)14(13)16(10-2)11-3;;;;/h9-11H2,1-8H3;3*1H3;. The molecule has 1 rings (SSSR count). The van der Waals surface area contributed by atoms with Crippen LogP contribution in [0.1, 0.15) is 27.2 Å². The van der Waals surface area contributed by atoms with Gasteiger partial charge in [-0.05, 0) is 0 Å². The monoisotopic (exact) mass is 442 g/mol. The molecule has 0 unspecified atom stereocenters. The minimum atomic E-state index is -2.06. The van der Waals surface area contributed by atoms with Crippen LogP contribution in [0.4, 0.5) is 0 Å². The SMILES string of the molecule is CCB(CC)C1=C([Si](C)(C)C)[Si](C)(C)[C]([Sn]([CH3])([CH3])[CH3])=C1CC. The van der Waals surface area contributed by atoms with Gasteiger partial charge in [0.25, 0.3) is 0 Å². The number of allylic oxidation sites excluding steroid dienone is 2. The molecule has 0 aromatic rings. The van der Waals surface area contributed by atoms with Crippen molar-refractivity contribution in [2.45, 2.75) is 87.4 Å². The van der Waals surface area contributed by atoms with Crippen LogP contribution in [0, 0.1) is 0 Å². The molecular weight excluding hydrogens is 402 g/mol. The van der Waals surface area contributed by atoms with E-state index >= 15 is 0 Å². The first-order valence-corrected chi connectivity index (χ1v) is 25.8. The second kappa shape index (κ2) is 6.95. The molecule has 0 aromatic heterocycles. The molecule has 1 heterocycles. The third-order valence-electron chi connectivity index (χ3n) is 5.39. The van der Waals surface area contributed by atoms with Gasteiger partial charge in [-0.25, -0.2) is 0 Å². The maximum atomic E-state index is 2.70. The summed E-state index contributed by atoms with van der Waals surface area (Å²) in [5.74, 6) is 0. The molecule has 1 aliphatic rings. The summed E-state index contributed by atoms with van der Waals surface area (Å²) >= 11 is -2.06. The number of hydrogen-bond donors (Lipinski definition) is 0. The van der Waals surface area contributed by atoms with Crippen LogP contribution in [0.5, 0.6) is 0 Å². The van der Waals surface area contributed by atoms with Gasteiger partial charge in [0.05, 0.1) is 0 Å². The Morgan fingerprint density at radius 2 is 1.41 bits per heavy atom. The van der Waals surface area contributed by atoms with Crippen LogP contribution in [0.15, 0.2) is 19.1 Å². The fourth-order valence-corrected chi connectivity index (χ4v) is 40.3. The van der Waals surface area contributed by atoms with Crippen molar-refractivity contribution in [2.75, 3.05) is 0 Å². The fraction of sp³-hybridized carbons (Fsp3) is 0.778. The average molecular weight is 441 g/mol. The Balaban J connectivity index is 3.79. The zero-order chi connectivity index (χ0) is 17.5. The molecule has 0 aliphatic carbocycles. The molecule has 0 aromatic carbocycles. The molecule has 0 bridgehead atoms. The van der Waals surface area contributed by atoms with Crippen LogP contribution >= 0.6 is 0 Å². The van der Waals surface area contributed by atoms with E-state index in [1.807, 2.05) is 15.9 Å². The van der Waals surface area contributed by atoms with Gasteiger partial charge in [-0.3, -0.25) is 0 Å². The van der Waals surface area contributed by atoms with E-state index in [9.17, 15) is 0 Å². The van der Waals surface area contributed by atoms with Crippen LogP contribution in [-0.4, -0.2) is 41.2 Å². The second-order valence-electron chi connectivity index (χ2n) is 9.63. The quantitative estimate of drug-likeness (QED) is 0.407. The zero-order valence-corrected chi connectivity index (χ0v) is 22.1. The van der Waals surface area contributed by atoms with E-state index in [-0.39, 0.29) is 0 Å². The summed E-state index contributed by atoms with van der Waals surface area (Å²) in [6, 6.07) is 0. The Bertz CT molecular complexity index is 486. The third kappa shape index (κ3) is 3.71. The molecule has 0 fully saturated rings. The third-order valence-corrected chi connectivity index (χ3v) is 29.9. The Morgan fingerprint density at radius 1 is 0.955 bits per heavy atom. The van der Waals surface area contributed by atoms with Gasteiger partial charge in [-0.1, -0.05) is 0 Å². The maximum absolute atomic E-state index is 2.70. The van der Waals surface area contributed by atoms with Crippen molar-refractivity contribution in [3.63, 3.8) is 0 Å².